The number of amides is 1. The Kier molecular flexibility index (Phi) is 6.69. The van der Waals surface area contributed by atoms with Gasteiger partial charge in [-0.3, -0.25) is 0 Å². The van der Waals surface area contributed by atoms with E-state index in [1.54, 1.807) is 0 Å². The molecule has 3 N–H and O–H groups in total. The van der Waals surface area contributed by atoms with Crippen LogP contribution in [0.5, 0.6) is 0 Å². The zero-order chi connectivity index (χ0) is 16.5. The Hall–Kier alpha value is -2.27. The number of hydrogen-bond donors (Lipinski definition) is 2. The summed E-state index contributed by atoms with van der Waals surface area (Å²) in [5.41, 5.74) is 8.52. The van der Waals surface area contributed by atoms with E-state index in [9.17, 15) is 4.79 Å². The van der Waals surface area contributed by atoms with Crippen molar-refractivity contribution in [2.75, 3.05) is 12.3 Å². The highest BCUT2D eigenvalue weighted by atomic mass is 79.9. The second-order valence-corrected chi connectivity index (χ2v) is 5.87. The quantitative estimate of drug-likeness (QED) is 0.583. The lowest BCUT2D eigenvalue weighted by Gasteiger charge is -2.06. The molecule has 120 valence electrons. The minimum absolute atomic E-state index is 0.275. The van der Waals surface area contributed by atoms with Crippen molar-refractivity contribution < 1.29 is 9.53 Å². The van der Waals surface area contributed by atoms with Gasteiger partial charge in [0.05, 0.1) is 0 Å². The van der Waals surface area contributed by atoms with Gasteiger partial charge < -0.3 is 15.8 Å². The Balaban J connectivity index is 1.67. The van der Waals surface area contributed by atoms with Gasteiger partial charge in [0, 0.05) is 16.7 Å². The van der Waals surface area contributed by atoms with Crippen LogP contribution < -0.4 is 11.1 Å². The fourth-order valence-electron chi connectivity index (χ4n) is 1.93. The number of ether oxygens (including phenoxy) is 1. The molecule has 0 aliphatic heterocycles. The van der Waals surface area contributed by atoms with E-state index in [1.807, 2.05) is 60.7 Å². The normalized spacial score (nSPS) is 10.7. The lowest BCUT2D eigenvalue weighted by Crippen LogP contribution is -2.24. The SMILES string of the molecule is Nc1ccc(Br)cc1C=CCCNC(=O)OCc1ccccc1. The first-order chi connectivity index (χ1) is 11.1. The van der Waals surface area contributed by atoms with Crippen LogP contribution in [0.1, 0.15) is 17.5 Å². The number of nitrogen functional groups attached to an aromatic ring is 1. The largest absolute Gasteiger partial charge is 0.445 e. The topological polar surface area (TPSA) is 64.3 Å². The number of hydrogen-bond acceptors (Lipinski definition) is 3. The van der Waals surface area contributed by atoms with Crippen LogP contribution in [-0.4, -0.2) is 12.6 Å². The molecule has 0 radical (unpaired) electrons. The van der Waals surface area contributed by atoms with Crippen LogP contribution >= 0.6 is 15.9 Å². The Labute approximate surface area is 144 Å². The Morgan fingerprint density at radius 2 is 2.00 bits per heavy atom. The first-order valence-corrected chi connectivity index (χ1v) is 8.10. The third-order valence-electron chi connectivity index (χ3n) is 3.14. The number of rotatable bonds is 6. The lowest BCUT2D eigenvalue weighted by molar-refractivity contribution is 0.140. The van der Waals surface area contributed by atoms with E-state index < -0.39 is 6.09 Å². The van der Waals surface area contributed by atoms with Gasteiger partial charge >= 0.3 is 6.09 Å². The summed E-state index contributed by atoms with van der Waals surface area (Å²) in [6.45, 7) is 0.787. The van der Waals surface area contributed by atoms with E-state index in [0.717, 1.165) is 21.3 Å². The number of nitrogens with one attached hydrogen (secondary N) is 1. The first-order valence-electron chi connectivity index (χ1n) is 7.31. The van der Waals surface area contributed by atoms with Crippen molar-refractivity contribution in [3.8, 4) is 0 Å². The average Bonchev–Trinajstić information content (AvgIpc) is 2.56. The molecule has 0 spiro atoms. The van der Waals surface area contributed by atoms with Gasteiger partial charge in [0.15, 0.2) is 0 Å². The van der Waals surface area contributed by atoms with Crippen LogP contribution in [0.15, 0.2) is 59.1 Å². The summed E-state index contributed by atoms with van der Waals surface area (Å²) < 4.78 is 6.11. The fraction of sp³-hybridized carbons (Fsp3) is 0.167. The molecule has 0 unspecified atom stereocenters. The summed E-state index contributed by atoms with van der Waals surface area (Å²) in [4.78, 5) is 11.6. The third kappa shape index (κ3) is 6.16. The van der Waals surface area contributed by atoms with E-state index in [2.05, 4.69) is 21.2 Å². The Morgan fingerprint density at radius 1 is 1.22 bits per heavy atom. The molecule has 0 heterocycles. The summed E-state index contributed by atoms with van der Waals surface area (Å²) in [7, 11) is 0. The van der Waals surface area contributed by atoms with E-state index in [1.165, 1.54) is 0 Å². The predicted octanol–water partition coefficient (Wildman–Crippen LogP) is 4.36. The van der Waals surface area contributed by atoms with Gasteiger partial charge in [-0.25, -0.2) is 4.79 Å². The number of anilines is 1. The van der Waals surface area contributed by atoms with Gasteiger partial charge in [0.25, 0.3) is 0 Å². The third-order valence-corrected chi connectivity index (χ3v) is 3.63. The average molecular weight is 375 g/mol. The fourth-order valence-corrected chi connectivity index (χ4v) is 2.31. The number of alkyl carbamates (subject to hydrolysis) is 1. The van der Waals surface area contributed by atoms with Gasteiger partial charge in [-0.2, -0.15) is 0 Å². The molecule has 0 atom stereocenters. The number of nitrogens with two attached hydrogens (primary N) is 1. The molecule has 0 aliphatic carbocycles. The van der Waals surface area contributed by atoms with Crippen molar-refractivity contribution in [2.45, 2.75) is 13.0 Å². The van der Waals surface area contributed by atoms with Gasteiger partial charge in [0.1, 0.15) is 6.61 Å². The minimum Gasteiger partial charge on any atom is -0.445 e. The number of benzene rings is 2. The van der Waals surface area contributed by atoms with Gasteiger partial charge in [-0.1, -0.05) is 58.4 Å². The number of carbonyl (C=O) groups excluding carboxylic acids is 1. The van der Waals surface area contributed by atoms with Gasteiger partial charge in [-0.15, -0.1) is 0 Å². The lowest BCUT2D eigenvalue weighted by atomic mass is 10.1. The summed E-state index contributed by atoms with van der Waals surface area (Å²) in [6, 6.07) is 15.3. The molecular formula is C18H19BrN2O2. The van der Waals surface area contributed by atoms with Crippen molar-refractivity contribution in [1.29, 1.82) is 0 Å². The second kappa shape index (κ2) is 9.00. The second-order valence-electron chi connectivity index (χ2n) is 4.95. The summed E-state index contributed by atoms with van der Waals surface area (Å²) >= 11 is 3.41. The van der Waals surface area contributed by atoms with Crippen molar-refractivity contribution >= 4 is 33.8 Å². The molecule has 0 aromatic heterocycles. The monoisotopic (exact) mass is 374 g/mol. The molecule has 0 saturated heterocycles. The zero-order valence-corrected chi connectivity index (χ0v) is 14.3. The van der Waals surface area contributed by atoms with E-state index in [4.69, 9.17) is 10.5 Å². The van der Waals surface area contributed by atoms with E-state index in [-0.39, 0.29) is 6.61 Å². The molecule has 23 heavy (non-hydrogen) atoms. The molecule has 0 saturated carbocycles. The minimum atomic E-state index is -0.413. The smallest absolute Gasteiger partial charge is 0.407 e. The maximum atomic E-state index is 11.6. The summed E-state index contributed by atoms with van der Waals surface area (Å²) in [5, 5.41) is 2.71. The highest BCUT2D eigenvalue weighted by Crippen LogP contribution is 2.19. The maximum absolute atomic E-state index is 11.6. The van der Waals surface area contributed by atoms with Gasteiger partial charge in [0.2, 0.25) is 0 Å². The molecule has 2 aromatic rings. The van der Waals surface area contributed by atoms with Crippen molar-refractivity contribution in [1.82, 2.24) is 5.32 Å². The molecule has 2 rings (SSSR count). The number of halogens is 1. The van der Waals surface area contributed by atoms with Crippen molar-refractivity contribution in [3.05, 3.63) is 70.2 Å². The Bertz CT molecular complexity index is 672. The van der Waals surface area contributed by atoms with E-state index in [0.29, 0.717) is 13.0 Å². The van der Waals surface area contributed by atoms with Gasteiger partial charge in [-0.05, 0) is 35.7 Å². The predicted molar refractivity (Wildman–Crippen MR) is 96.8 cm³/mol. The molecule has 2 aromatic carbocycles. The molecule has 0 bridgehead atoms. The van der Waals surface area contributed by atoms with Crippen LogP contribution in [0.2, 0.25) is 0 Å². The molecule has 5 heteroatoms. The van der Waals surface area contributed by atoms with Crippen LogP contribution in [0.3, 0.4) is 0 Å². The zero-order valence-electron chi connectivity index (χ0n) is 12.7. The summed E-state index contributed by atoms with van der Waals surface area (Å²) in [5.74, 6) is 0. The van der Waals surface area contributed by atoms with Crippen molar-refractivity contribution in [2.24, 2.45) is 0 Å². The number of carbonyl (C=O) groups is 1. The van der Waals surface area contributed by atoms with Crippen LogP contribution in [0.25, 0.3) is 6.08 Å². The molecule has 0 fully saturated rings. The highest BCUT2D eigenvalue weighted by molar-refractivity contribution is 9.10. The molecule has 1 amide bonds. The van der Waals surface area contributed by atoms with Crippen LogP contribution in [0.4, 0.5) is 10.5 Å². The van der Waals surface area contributed by atoms with E-state index >= 15 is 0 Å². The first kappa shape index (κ1) is 17.1. The van der Waals surface area contributed by atoms with Crippen molar-refractivity contribution in [3.63, 3.8) is 0 Å². The highest BCUT2D eigenvalue weighted by Gasteiger charge is 2.01. The van der Waals surface area contributed by atoms with Crippen LogP contribution in [-0.2, 0) is 11.3 Å². The molecule has 4 nitrogen and oxygen atoms in total. The Morgan fingerprint density at radius 3 is 2.78 bits per heavy atom. The standard InChI is InChI=1S/C18H19BrN2O2/c19-16-9-10-17(20)15(12-16)8-4-5-11-21-18(22)23-13-14-6-2-1-3-7-14/h1-4,6-10,12H,5,11,13,20H2,(H,21,22). The van der Waals surface area contributed by atoms with Crippen LogP contribution in [0, 0.1) is 0 Å². The maximum Gasteiger partial charge on any atom is 0.407 e. The summed E-state index contributed by atoms with van der Waals surface area (Å²) in [6.07, 6.45) is 4.20. The molecular weight excluding hydrogens is 356 g/mol. The molecule has 0 aliphatic rings.